The largest absolute Gasteiger partial charge is 0.508 e. The van der Waals surface area contributed by atoms with Crippen LogP contribution in [0.3, 0.4) is 0 Å². The third-order valence-electron chi connectivity index (χ3n) is 2.19. The van der Waals surface area contributed by atoms with Gasteiger partial charge in [-0.25, -0.2) is 0 Å². The van der Waals surface area contributed by atoms with Crippen molar-refractivity contribution in [3.63, 3.8) is 0 Å². The molecule has 0 spiro atoms. The van der Waals surface area contributed by atoms with Crippen molar-refractivity contribution >= 4 is 5.91 Å². The first-order valence-corrected chi connectivity index (χ1v) is 5.14. The third kappa shape index (κ3) is 3.24. The zero-order chi connectivity index (χ0) is 12.3. The number of aliphatic hydroxyl groups is 1. The number of carbonyl (C=O) groups excluding carboxylic acids is 1. The van der Waals surface area contributed by atoms with Crippen LogP contribution in [0.15, 0.2) is 18.2 Å². The highest BCUT2D eigenvalue weighted by Gasteiger charge is 2.14. The molecule has 1 amide bonds. The Labute approximate surface area is 95.1 Å². The summed E-state index contributed by atoms with van der Waals surface area (Å²) < 4.78 is 0. The SMILES string of the molecule is Cc1cc(O)cc(C(=O)N(C)CC(C)O)c1. The number of amides is 1. The summed E-state index contributed by atoms with van der Waals surface area (Å²) in [6.45, 7) is 3.70. The van der Waals surface area contributed by atoms with Crippen LogP contribution in [-0.4, -0.2) is 40.7 Å². The van der Waals surface area contributed by atoms with Crippen LogP contribution in [-0.2, 0) is 0 Å². The van der Waals surface area contributed by atoms with Crippen LogP contribution in [0.5, 0.6) is 5.75 Å². The van der Waals surface area contributed by atoms with Gasteiger partial charge in [-0.15, -0.1) is 0 Å². The van der Waals surface area contributed by atoms with Gasteiger partial charge in [-0.1, -0.05) is 0 Å². The van der Waals surface area contributed by atoms with Crippen molar-refractivity contribution in [3.8, 4) is 5.75 Å². The summed E-state index contributed by atoms with van der Waals surface area (Å²) in [6, 6.07) is 4.72. The number of hydrogen-bond acceptors (Lipinski definition) is 3. The zero-order valence-electron chi connectivity index (χ0n) is 9.77. The number of aliphatic hydroxyl groups excluding tert-OH is 1. The average Bonchev–Trinajstić information content (AvgIpc) is 2.13. The first-order chi connectivity index (χ1) is 7.40. The lowest BCUT2D eigenvalue weighted by Gasteiger charge is -2.19. The van der Waals surface area contributed by atoms with E-state index in [0.717, 1.165) is 5.56 Å². The van der Waals surface area contributed by atoms with Gasteiger partial charge in [-0.05, 0) is 37.6 Å². The van der Waals surface area contributed by atoms with Gasteiger partial charge in [0, 0.05) is 19.2 Å². The van der Waals surface area contributed by atoms with E-state index >= 15 is 0 Å². The van der Waals surface area contributed by atoms with Crippen molar-refractivity contribution in [2.45, 2.75) is 20.0 Å². The molecule has 1 atom stereocenters. The maximum atomic E-state index is 11.9. The second-order valence-electron chi connectivity index (χ2n) is 4.09. The molecule has 0 saturated heterocycles. The highest BCUT2D eigenvalue weighted by Crippen LogP contribution is 2.16. The van der Waals surface area contributed by atoms with Gasteiger partial charge in [0.25, 0.3) is 5.91 Å². The van der Waals surface area contributed by atoms with Crippen LogP contribution in [0, 0.1) is 6.92 Å². The molecule has 1 unspecified atom stereocenters. The summed E-state index contributed by atoms with van der Waals surface area (Å²) in [4.78, 5) is 13.3. The minimum Gasteiger partial charge on any atom is -0.508 e. The van der Waals surface area contributed by atoms with Crippen molar-refractivity contribution in [1.29, 1.82) is 0 Å². The average molecular weight is 223 g/mol. The van der Waals surface area contributed by atoms with Gasteiger partial charge in [-0.2, -0.15) is 0 Å². The third-order valence-corrected chi connectivity index (χ3v) is 2.19. The van der Waals surface area contributed by atoms with E-state index in [1.807, 2.05) is 6.92 Å². The van der Waals surface area contributed by atoms with Crippen molar-refractivity contribution < 1.29 is 15.0 Å². The maximum absolute atomic E-state index is 11.9. The van der Waals surface area contributed by atoms with Gasteiger partial charge < -0.3 is 15.1 Å². The highest BCUT2D eigenvalue weighted by molar-refractivity contribution is 5.94. The molecule has 1 rings (SSSR count). The fourth-order valence-corrected chi connectivity index (χ4v) is 1.59. The van der Waals surface area contributed by atoms with Crippen LogP contribution in [0.2, 0.25) is 0 Å². The first-order valence-electron chi connectivity index (χ1n) is 5.14. The molecule has 0 aliphatic heterocycles. The number of hydrogen-bond donors (Lipinski definition) is 2. The van der Waals surface area contributed by atoms with Crippen LogP contribution in [0.4, 0.5) is 0 Å². The minimum atomic E-state index is -0.563. The van der Waals surface area contributed by atoms with Gasteiger partial charge in [-0.3, -0.25) is 4.79 Å². The second-order valence-corrected chi connectivity index (χ2v) is 4.09. The molecule has 2 N–H and O–H groups in total. The molecule has 16 heavy (non-hydrogen) atoms. The lowest BCUT2D eigenvalue weighted by molar-refractivity contribution is 0.0703. The number of aryl methyl sites for hydroxylation is 1. The Morgan fingerprint density at radius 2 is 2.06 bits per heavy atom. The van der Waals surface area contributed by atoms with E-state index in [1.165, 1.54) is 11.0 Å². The molecule has 4 heteroatoms. The molecule has 0 aliphatic rings. The smallest absolute Gasteiger partial charge is 0.253 e. The van der Waals surface area contributed by atoms with Gasteiger partial charge in [0.2, 0.25) is 0 Å². The molecular weight excluding hydrogens is 206 g/mol. The summed E-state index contributed by atoms with van der Waals surface area (Å²) in [7, 11) is 1.62. The number of benzene rings is 1. The zero-order valence-corrected chi connectivity index (χ0v) is 9.77. The molecule has 0 aliphatic carbocycles. The predicted molar refractivity (Wildman–Crippen MR) is 61.5 cm³/mol. The lowest BCUT2D eigenvalue weighted by atomic mass is 10.1. The quantitative estimate of drug-likeness (QED) is 0.808. The van der Waals surface area contributed by atoms with Crippen molar-refractivity contribution in [2.24, 2.45) is 0 Å². The Morgan fingerprint density at radius 3 is 2.56 bits per heavy atom. The molecule has 4 nitrogen and oxygen atoms in total. The number of nitrogens with zero attached hydrogens (tertiary/aromatic N) is 1. The molecule has 1 aromatic carbocycles. The summed E-state index contributed by atoms with van der Waals surface area (Å²) in [6.07, 6.45) is -0.563. The minimum absolute atomic E-state index is 0.0776. The number of aromatic hydroxyl groups is 1. The standard InChI is InChI=1S/C12H17NO3/c1-8-4-10(6-11(15)5-8)12(16)13(3)7-9(2)14/h4-6,9,14-15H,7H2,1-3H3. The fourth-order valence-electron chi connectivity index (χ4n) is 1.59. The Bertz CT molecular complexity index is 368. The summed E-state index contributed by atoms with van der Waals surface area (Å²) in [5.74, 6) is -0.131. The molecule has 0 saturated carbocycles. The van der Waals surface area contributed by atoms with E-state index in [1.54, 1.807) is 26.1 Å². The molecule has 0 aromatic heterocycles. The number of phenolic OH excluding ortho intramolecular Hbond substituents is 1. The molecular formula is C12H17NO3. The molecule has 0 heterocycles. The van der Waals surface area contributed by atoms with Gasteiger partial charge in [0.05, 0.1) is 6.10 Å². The number of phenols is 1. The number of rotatable bonds is 3. The van der Waals surface area contributed by atoms with Gasteiger partial charge in [0.1, 0.15) is 5.75 Å². The summed E-state index contributed by atoms with van der Waals surface area (Å²) >= 11 is 0. The highest BCUT2D eigenvalue weighted by atomic mass is 16.3. The molecule has 0 bridgehead atoms. The Kier molecular flexibility index (Phi) is 3.90. The Hall–Kier alpha value is -1.55. The van der Waals surface area contributed by atoms with E-state index < -0.39 is 6.10 Å². The number of likely N-dealkylation sites (N-methyl/N-ethyl adjacent to an activating group) is 1. The second kappa shape index (κ2) is 4.99. The fraction of sp³-hybridized carbons (Fsp3) is 0.417. The normalized spacial score (nSPS) is 12.2. The Balaban J connectivity index is 2.87. The summed E-state index contributed by atoms with van der Waals surface area (Å²) in [5.41, 5.74) is 1.26. The van der Waals surface area contributed by atoms with Crippen molar-refractivity contribution in [1.82, 2.24) is 4.90 Å². The molecule has 0 fully saturated rings. The molecule has 1 aromatic rings. The topological polar surface area (TPSA) is 60.8 Å². The first kappa shape index (κ1) is 12.5. The Morgan fingerprint density at radius 1 is 1.44 bits per heavy atom. The van der Waals surface area contributed by atoms with Crippen LogP contribution in [0.25, 0.3) is 0 Å². The molecule has 88 valence electrons. The van der Waals surface area contributed by atoms with E-state index in [9.17, 15) is 15.0 Å². The van der Waals surface area contributed by atoms with Crippen LogP contribution in [0.1, 0.15) is 22.8 Å². The van der Waals surface area contributed by atoms with Crippen LogP contribution >= 0.6 is 0 Å². The monoisotopic (exact) mass is 223 g/mol. The number of carbonyl (C=O) groups is 1. The molecule has 0 radical (unpaired) electrons. The van der Waals surface area contributed by atoms with E-state index in [2.05, 4.69) is 0 Å². The van der Waals surface area contributed by atoms with Gasteiger partial charge in [0.15, 0.2) is 0 Å². The van der Waals surface area contributed by atoms with E-state index in [-0.39, 0.29) is 18.2 Å². The summed E-state index contributed by atoms with van der Waals surface area (Å²) in [5, 5.41) is 18.6. The lowest BCUT2D eigenvalue weighted by Crippen LogP contribution is -2.33. The van der Waals surface area contributed by atoms with E-state index in [4.69, 9.17) is 0 Å². The van der Waals surface area contributed by atoms with Gasteiger partial charge >= 0.3 is 0 Å². The maximum Gasteiger partial charge on any atom is 0.253 e. The van der Waals surface area contributed by atoms with Crippen molar-refractivity contribution in [3.05, 3.63) is 29.3 Å². The van der Waals surface area contributed by atoms with E-state index in [0.29, 0.717) is 5.56 Å². The van der Waals surface area contributed by atoms with Crippen molar-refractivity contribution in [2.75, 3.05) is 13.6 Å². The predicted octanol–water partition coefficient (Wildman–Crippen LogP) is 1.15. The van der Waals surface area contributed by atoms with Crippen LogP contribution < -0.4 is 0 Å².